The molecule has 1 aliphatic carbocycles. The van der Waals surface area contributed by atoms with Crippen LogP contribution in [0.25, 0.3) is 0 Å². The highest BCUT2D eigenvalue weighted by molar-refractivity contribution is 6.07. The van der Waals surface area contributed by atoms with E-state index in [1.54, 1.807) is 13.0 Å². The van der Waals surface area contributed by atoms with Crippen LogP contribution >= 0.6 is 0 Å². The fourth-order valence-electron chi connectivity index (χ4n) is 2.72. The highest BCUT2D eigenvalue weighted by Gasteiger charge is 2.56. The second-order valence-electron chi connectivity index (χ2n) is 5.32. The van der Waals surface area contributed by atoms with Gasteiger partial charge in [0.2, 0.25) is 0 Å². The molecule has 1 N–H and O–H groups in total. The number of hydrogen-bond acceptors (Lipinski definition) is 5. The third-order valence-electron chi connectivity index (χ3n) is 3.78. The number of esters is 1. The Hall–Kier alpha value is -1.62. The molecule has 0 unspecified atom stereocenters. The number of ketones is 1. The molecule has 21 heavy (non-hydrogen) atoms. The number of Topliss-reactive ketones (excluding diaryl/α,β-unsaturated/α-hetero) is 1. The summed E-state index contributed by atoms with van der Waals surface area (Å²) in [5, 5.41) is 10.9. The van der Waals surface area contributed by atoms with Gasteiger partial charge in [0, 0.05) is 12.8 Å². The van der Waals surface area contributed by atoms with E-state index >= 15 is 0 Å². The normalized spacial score (nSPS) is 26.8. The maximum absolute atomic E-state index is 12.2. The molecule has 0 spiro atoms. The van der Waals surface area contributed by atoms with Crippen LogP contribution in [0.4, 0.5) is 0 Å². The van der Waals surface area contributed by atoms with Gasteiger partial charge >= 0.3 is 5.97 Å². The van der Waals surface area contributed by atoms with Gasteiger partial charge in [-0.15, -0.1) is 0 Å². The van der Waals surface area contributed by atoms with Crippen molar-refractivity contribution in [2.24, 2.45) is 0 Å². The summed E-state index contributed by atoms with van der Waals surface area (Å²) in [6.45, 7) is 3.86. The van der Waals surface area contributed by atoms with Gasteiger partial charge in [-0.25, -0.2) is 4.79 Å². The number of ether oxygens (including phenoxy) is 2. The third-order valence-corrected chi connectivity index (χ3v) is 3.78. The Morgan fingerprint density at radius 2 is 2.19 bits per heavy atom. The van der Waals surface area contributed by atoms with Crippen LogP contribution in [0.15, 0.2) is 23.2 Å². The van der Waals surface area contributed by atoms with E-state index in [0.29, 0.717) is 31.4 Å². The summed E-state index contributed by atoms with van der Waals surface area (Å²) < 4.78 is 10.6. The minimum absolute atomic E-state index is 0.0787. The zero-order valence-corrected chi connectivity index (χ0v) is 12.6. The van der Waals surface area contributed by atoms with Crippen LogP contribution in [0.3, 0.4) is 0 Å². The van der Waals surface area contributed by atoms with Crippen LogP contribution in [-0.4, -0.2) is 29.1 Å². The average molecular weight is 294 g/mol. The SMILES string of the molecule is CCCC/C=C1\OC2=C(C(=O)CCC2)[C@]1(O)C(=O)OCC. The highest BCUT2D eigenvalue weighted by Crippen LogP contribution is 2.44. The number of carbonyl (C=O) groups excluding carboxylic acids is 2. The van der Waals surface area contributed by atoms with Crippen molar-refractivity contribution in [3.05, 3.63) is 23.2 Å². The predicted octanol–water partition coefficient (Wildman–Crippen LogP) is 2.39. The van der Waals surface area contributed by atoms with E-state index in [4.69, 9.17) is 9.47 Å². The Bertz CT molecular complexity index is 503. The maximum atomic E-state index is 12.2. The van der Waals surface area contributed by atoms with E-state index in [9.17, 15) is 14.7 Å². The van der Waals surface area contributed by atoms with Gasteiger partial charge in [-0.05, 0) is 32.3 Å². The van der Waals surface area contributed by atoms with E-state index in [-0.39, 0.29) is 23.7 Å². The standard InChI is InChI=1S/C16H22O5/c1-3-5-6-10-13-16(19,15(18)20-4-2)14-11(17)8-7-9-12(14)21-13/h10,19H,3-9H2,1-2H3/b13-10-/t16-/m0/s1. The summed E-state index contributed by atoms with van der Waals surface area (Å²) in [5.41, 5.74) is -1.98. The molecule has 5 nitrogen and oxygen atoms in total. The molecule has 5 heteroatoms. The van der Waals surface area contributed by atoms with Crippen LogP contribution in [0, 0.1) is 0 Å². The molecule has 0 aromatic rings. The molecule has 0 saturated heterocycles. The first-order valence-electron chi connectivity index (χ1n) is 7.60. The van der Waals surface area contributed by atoms with E-state index in [1.807, 2.05) is 0 Å². The zero-order valence-electron chi connectivity index (χ0n) is 12.6. The van der Waals surface area contributed by atoms with Crippen molar-refractivity contribution in [3.8, 4) is 0 Å². The van der Waals surface area contributed by atoms with Gasteiger partial charge in [0.05, 0.1) is 12.2 Å². The zero-order chi connectivity index (χ0) is 15.5. The first-order chi connectivity index (χ1) is 10.1. The average Bonchev–Trinajstić information content (AvgIpc) is 2.75. The Balaban J connectivity index is 2.39. The van der Waals surface area contributed by atoms with Gasteiger partial charge in [0.15, 0.2) is 5.78 Å². The van der Waals surface area contributed by atoms with Crippen LogP contribution in [0.1, 0.15) is 52.4 Å². The fraction of sp³-hybridized carbons (Fsp3) is 0.625. The van der Waals surface area contributed by atoms with Gasteiger partial charge < -0.3 is 14.6 Å². The van der Waals surface area contributed by atoms with E-state index in [2.05, 4.69) is 6.92 Å². The molecule has 1 heterocycles. The molecule has 0 radical (unpaired) electrons. The van der Waals surface area contributed by atoms with E-state index in [1.165, 1.54) is 0 Å². The van der Waals surface area contributed by atoms with Crippen molar-refractivity contribution in [1.29, 1.82) is 0 Å². The van der Waals surface area contributed by atoms with Gasteiger partial charge in [-0.2, -0.15) is 0 Å². The lowest BCUT2D eigenvalue weighted by molar-refractivity contribution is -0.159. The van der Waals surface area contributed by atoms with Gasteiger partial charge in [0.25, 0.3) is 5.60 Å². The lowest BCUT2D eigenvalue weighted by Crippen LogP contribution is -2.44. The molecule has 0 fully saturated rings. The molecule has 2 aliphatic rings. The predicted molar refractivity (Wildman–Crippen MR) is 76.2 cm³/mol. The summed E-state index contributed by atoms with van der Waals surface area (Å²) >= 11 is 0. The summed E-state index contributed by atoms with van der Waals surface area (Å²) in [5.74, 6) is -0.502. The number of allylic oxidation sites excluding steroid dienone is 2. The Morgan fingerprint density at radius 1 is 1.43 bits per heavy atom. The molecule has 0 saturated carbocycles. The molecule has 0 amide bonds. The van der Waals surface area contributed by atoms with Crippen LogP contribution in [0.5, 0.6) is 0 Å². The number of rotatable bonds is 5. The van der Waals surface area contributed by atoms with E-state index < -0.39 is 11.6 Å². The smallest absolute Gasteiger partial charge is 0.351 e. The second kappa shape index (κ2) is 6.43. The van der Waals surface area contributed by atoms with Crippen molar-refractivity contribution in [2.45, 2.75) is 58.0 Å². The Kier molecular flexibility index (Phi) is 4.83. The van der Waals surface area contributed by atoms with Crippen LogP contribution < -0.4 is 0 Å². The maximum Gasteiger partial charge on any atom is 0.351 e. The molecule has 1 aliphatic heterocycles. The number of aliphatic hydroxyl groups is 1. The fourth-order valence-corrected chi connectivity index (χ4v) is 2.72. The number of hydrogen-bond donors (Lipinski definition) is 1. The summed E-state index contributed by atoms with van der Waals surface area (Å²) in [7, 11) is 0. The summed E-state index contributed by atoms with van der Waals surface area (Å²) in [4.78, 5) is 24.4. The Labute approximate surface area is 124 Å². The van der Waals surface area contributed by atoms with Crippen molar-refractivity contribution in [1.82, 2.24) is 0 Å². The number of carbonyl (C=O) groups is 2. The van der Waals surface area contributed by atoms with Crippen LogP contribution in [-0.2, 0) is 19.1 Å². The summed E-state index contributed by atoms with van der Waals surface area (Å²) in [6.07, 6.45) is 5.87. The van der Waals surface area contributed by atoms with Crippen molar-refractivity contribution in [3.63, 3.8) is 0 Å². The van der Waals surface area contributed by atoms with Gasteiger partial charge in [-0.1, -0.05) is 13.3 Å². The first-order valence-corrected chi connectivity index (χ1v) is 7.60. The third kappa shape index (κ3) is 2.75. The first kappa shape index (κ1) is 15.8. The quantitative estimate of drug-likeness (QED) is 0.622. The molecule has 0 bridgehead atoms. The minimum atomic E-state index is -2.06. The molecule has 116 valence electrons. The minimum Gasteiger partial charge on any atom is -0.463 e. The van der Waals surface area contributed by atoms with Gasteiger partial charge in [-0.3, -0.25) is 4.79 Å². The lowest BCUT2D eigenvalue weighted by Gasteiger charge is -2.23. The monoisotopic (exact) mass is 294 g/mol. The Morgan fingerprint density at radius 3 is 2.86 bits per heavy atom. The molecular weight excluding hydrogens is 272 g/mol. The van der Waals surface area contributed by atoms with Crippen molar-refractivity contribution in [2.75, 3.05) is 6.61 Å². The van der Waals surface area contributed by atoms with Crippen molar-refractivity contribution < 1.29 is 24.2 Å². The van der Waals surface area contributed by atoms with Gasteiger partial charge in [0.1, 0.15) is 11.5 Å². The highest BCUT2D eigenvalue weighted by atomic mass is 16.6. The van der Waals surface area contributed by atoms with Crippen molar-refractivity contribution >= 4 is 11.8 Å². The lowest BCUT2D eigenvalue weighted by atomic mass is 9.84. The topological polar surface area (TPSA) is 72.8 Å². The van der Waals surface area contributed by atoms with E-state index in [0.717, 1.165) is 12.8 Å². The molecule has 0 aromatic heterocycles. The summed E-state index contributed by atoms with van der Waals surface area (Å²) in [6, 6.07) is 0. The second-order valence-corrected chi connectivity index (χ2v) is 5.32. The number of unbranched alkanes of at least 4 members (excludes halogenated alkanes) is 2. The largest absolute Gasteiger partial charge is 0.463 e. The molecular formula is C16H22O5. The molecule has 1 atom stereocenters. The molecule has 2 rings (SSSR count). The van der Waals surface area contributed by atoms with Crippen LogP contribution in [0.2, 0.25) is 0 Å². The molecule has 0 aromatic carbocycles.